The summed E-state index contributed by atoms with van der Waals surface area (Å²) in [7, 11) is 0. The predicted octanol–water partition coefficient (Wildman–Crippen LogP) is 20.4. The Labute approximate surface area is 442 Å². The van der Waals surface area contributed by atoms with Crippen molar-refractivity contribution >= 4 is 297 Å². The third-order valence-corrected chi connectivity index (χ3v) is 28.1. The number of carboxylic acids is 1. The highest BCUT2D eigenvalue weighted by Gasteiger charge is 2.76. The minimum Gasteiger partial charge on any atom is -0.478 e. The molecule has 0 radical (unpaired) electrons. The molecule has 350 valence electrons. The number of carboxylic acid groups (broad SMARTS) is 1. The van der Waals surface area contributed by atoms with Crippen molar-refractivity contribution in [2.45, 2.75) is 62.3 Å². The highest BCUT2D eigenvalue weighted by Crippen LogP contribution is 2.87. The Kier molecular flexibility index (Phi) is 3.30. The molecule has 0 aromatic heterocycles. The molecule has 1 fully saturated rings. The molecule has 0 saturated carbocycles. The summed E-state index contributed by atoms with van der Waals surface area (Å²) in [5.74, 6) is -0.836. The fourth-order valence-electron chi connectivity index (χ4n) is 27.5. The first-order chi connectivity index (χ1) is 39.7. The first kappa shape index (κ1) is 32.9. The van der Waals surface area contributed by atoms with Gasteiger partial charge in [-0.15, -0.1) is 0 Å². The van der Waals surface area contributed by atoms with E-state index in [1.54, 1.807) is 313 Å². The lowest BCUT2D eigenvalue weighted by Crippen LogP contribution is -2.51. The standard InChI is InChI=1S/C77H25NO2/c1-2-3-4-5-6-7-12-78-13-76-70-62-54-44-34-26-18-16-17-20-24-22(18)30-38-32(24)42-36-28(20)29-21(17)25-23-19(16)27(26)35-41-31(23)39-33(25)43-37(29)47-46(36)58-52(42)60-50(38)56(48(54)40(30)34)64(70)66(60)72-68(58)69-59(47)53(43)61-51(39)57-49(41)55(45(35)44)63(62)71(76)65(57)67(61)73(69)77(72,76)74(78)14-8-10-15(11-9-14)75(79)80/h8-11,74H,2-7,12-13H2,1H3,(H,79,80). The summed E-state index contributed by atoms with van der Waals surface area (Å²) in [6.07, 6.45) is 7.60. The second kappa shape index (κ2) is 8.04. The number of nitrogens with zero attached hydrogens (tertiary/aromatic N) is 1. The van der Waals surface area contributed by atoms with Crippen molar-refractivity contribution in [1.29, 1.82) is 0 Å². The normalized spacial score (nSPS) is 22.4. The largest absolute Gasteiger partial charge is 0.478 e. The molecule has 0 bridgehead atoms. The van der Waals surface area contributed by atoms with E-state index in [9.17, 15) is 9.90 Å². The highest BCUT2D eigenvalue weighted by atomic mass is 16.4. The Bertz CT molecular complexity index is 7500. The fourth-order valence-corrected chi connectivity index (χ4v) is 27.5. The zero-order chi connectivity index (χ0) is 48.9. The number of rotatable bonds is 9. The number of likely N-dealkylation sites (tertiary alicyclic amines) is 1. The van der Waals surface area contributed by atoms with Crippen molar-refractivity contribution in [2.24, 2.45) is 0 Å². The molecule has 1 N–H and O–H groups in total. The number of hydrogen-bond acceptors (Lipinski definition) is 2. The fraction of sp³-hybridized carbons (Fsp3) is 0.156. The van der Waals surface area contributed by atoms with Gasteiger partial charge in [0.05, 0.1) is 16.4 Å². The van der Waals surface area contributed by atoms with Crippen LogP contribution in [0.15, 0.2) is 24.3 Å². The van der Waals surface area contributed by atoms with Gasteiger partial charge in [0.2, 0.25) is 0 Å². The molecule has 0 amide bonds. The minimum absolute atomic E-state index is 0.0109. The van der Waals surface area contributed by atoms with E-state index in [4.69, 9.17) is 0 Å². The van der Waals surface area contributed by atoms with Crippen LogP contribution in [0.1, 0.15) is 89.7 Å². The number of carbonyl (C=O) groups is 1. The van der Waals surface area contributed by atoms with Gasteiger partial charge in [0.15, 0.2) is 0 Å². The van der Waals surface area contributed by atoms with Gasteiger partial charge in [0.25, 0.3) is 0 Å². The molecular weight excluding hydrogens is 971 g/mol. The van der Waals surface area contributed by atoms with Crippen LogP contribution in [0.2, 0.25) is 0 Å². The molecule has 3 heteroatoms. The van der Waals surface area contributed by atoms with Crippen LogP contribution in [0.3, 0.4) is 0 Å². The second-order valence-electron chi connectivity index (χ2n) is 29.0. The lowest BCUT2D eigenvalue weighted by atomic mass is 9.47. The summed E-state index contributed by atoms with van der Waals surface area (Å²) in [6, 6.07) is 8.60. The van der Waals surface area contributed by atoms with Crippen LogP contribution in [0, 0.1) is 0 Å². The highest BCUT2D eigenvalue weighted by molar-refractivity contribution is 6.82. The number of hydrogen-bond donors (Lipinski definition) is 1. The quantitative estimate of drug-likeness (QED) is 0.116. The van der Waals surface area contributed by atoms with Crippen LogP contribution in [0.4, 0.5) is 0 Å². The summed E-state index contributed by atoms with van der Waals surface area (Å²) < 4.78 is 0. The number of benzene rings is 19. The number of aromatic carboxylic acids is 1. The predicted molar refractivity (Wildman–Crippen MR) is 335 cm³/mol. The van der Waals surface area contributed by atoms with E-state index in [0.29, 0.717) is 5.56 Å². The SMILES string of the molecule is CCCCCCCCN1CC23c4c5c6c7c8c9c(c%10c%11c2c2c4c4c%12c5c5c6c6c8c8c%13c9c9c%10c%10c%11c%11c2c2c4c4c%12c%12c5c5c6c8c6c8c%13c9c9c%10c%10c%11c2c2c4c4c%12c5c6c5c8c9c%10c2c45)C73C1c1ccc(C(=O)O)cc1. The van der Waals surface area contributed by atoms with Crippen molar-refractivity contribution in [3.63, 3.8) is 0 Å². The summed E-state index contributed by atoms with van der Waals surface area (Å²) in [5, 5.41) is 99.0. The molecule has 1 unspecified atom stereocenters. The Hall–Kier alpha value is -8.89. The minimum atomic E-state index is -0.836. The van der Waals surface area contributed by atoms with Gasteiger partial charge in [-0.3, -0.25) is 4.90 Å². The monoisotopic (exact) mass is 995 g/mol. The molecule has 1 heterocycles. The molecule has 29 aromatic rings. The van der Waals surface area contributed by atoms with Crippen molar-refractivity contribution in [1.82, 2.24) is 4.90 Å². The van der Waals surface area contributed by atoms with E-state index >= 15 is 0 Å². The third kappa shape index (κ3) is 1.95. The van der Waals surface area contributed by atoms with Gasteiger partial charge >= 0.3 is 5.97 Å². The van der Waals surface area contributed by atoms with Crippen molar-refractivity contribution in [2.75, 3.05) is 13.1 Å². The average Bonchev–Trinajstić information content (AvgIpc) is 1.43. The second-order valence-corrected chi connectivity index (χ2v) is 29.0. The topological polar surface area (TPSA) is 40.5 Å². The maximum Gasteiger partial charge on any atom is 0.335 e. The molecular formula is C77H25NO2. The van der Waals surface area contributed by atoms with Crippen LogP contribution in [0.25, 0.3) is 291 Å². The Morgan fingerprint density at radius 3 is 0.850 bits per heavy atom. The number of unbranched alkanes of at least 4 members (excludes halogenated alkanes) is 5. The van der Waals surface area contributed by atoms with E-state index in [1.165, 1.54) is 44.1 Å². The lowest BCUT2D eigenvalue weighted by molar-refractivity contribution is 0.0696. The first-order valence-electron chi connectivity index (χ1n) is 30.5. The first-order valence-corrected chi connectivity index (χ1v) is 30.5. The molecule has 2 spiro atoms. The molecule has 3 nitrogen and oxygen atoms in total. The van der Waals surface area contributed by atoms with E-state index in [1.807, 2.05) is 12.1 Å². The van der Waals surface area contributed by atoms with Crippen molar-refractivity contribution in [3.05, 3.63) is 57.6 Å². The van der Waals surface area contributed by atoms with Gasteiger partial charge < -0.3 is 5.11 Å². The van der Waals surface area contributed by atoms with Crippen LogP contribution < -0.4 is 0 Å². The maximum absolute atomic E-state index is 13.0. The molecule has 4 aliphatic carbocycles. The van der Waals surface area contributed by atoms with Crippen LogP contribution in [0.5, 0.6) is 0 Å². The zero-order valence-corrected chi connectivity index (χ0v) is 42.3. The molecule has 5 aliphatic rings. The van der Waals surface area contributed by atoms with Crippen LogP contribution >= 0.6 is 0 Å². The van der Waals surface area contributed by atoms with Gasteiger partial charge in [0.1, 0.15) is 0 Å². The molecule has 34 rings (SSSR count). The van der Waals surface area contributed by atoms with E-state index < -0.39 is 11.4 Å². The maximum atomic E-state index is 13.0. The van der Waals surface area contributed by atoms with Crippen molar-refractivity contribution in [3.8, 4) is 0 Å². The summed E-state index contributed by atoms with van der Waals surface area (Å²) in [5.41, 5.74) is 7.74. The van der Waals surface area contributed by atoms with Gasteiger partial charge in [-0.2, -0.15) is 0 Å². The Morgan fingerprint density at radius 2 is 0.588 bits per heavy atom. The van der Waals surface area contributed by atoms with E-state index in [2.05, 4.69) is 24.0 Å². The van der Waals surface area contributed by atoms with Crippen LogP contribution in [-0.4, -0.2) is 29.1 Å². The third-order valence-electron chi connectivity index (χ3n) is 28.1. The molecule has 1 atom stereocenters. The van der Waals surface area contributed by atoms with E-state index in [-0.39, 0.29) is 11.5 Å². The van der Waals surface area contributed by atoms with E-state index in [0.717, 1.165) is 13.1 Å². The summed E-state index contributed by atoms with van der Waals surface area (Å²) in [4.78, 5) is 16.1. The van der Waals surface area contributed by atoms with Crippen LogP contribution in [-0.2, 0) is 10.8 Å². The lowest BCUT2D eigenvalue weighted by Gasteiger charge is -2.52. The molecule has 1 aliphatic heterocycles. The smallest absolute Gasteiger partial charge is 0.335 e. The Morgan fingerprint density at radius 1 is 0.350 bits per heavy atom. The zero-order valence-electron chi connectivity index (χ0n) is 42.3. The summed E-state index contributed by atoms with van der Waals surface area (Å²) >= 11 is 0. The molecule has 80 heavy (non-hydrogen) atoms. The molecule has 29 aromatic carbocycles. The van der Waals surface area contributed by atoms with Crippen molar-refractivity contribution < 1.29 is 9.90 Å². The summed E-state index contributed by atoms with van der Waals surface area (Å²) in [6.45, 7) is 4.38. The van der Waals surface area contributed by atoms with Gasteiger partial charge in [-0.05, 0) is 344 Å². The van der Waals surface area contributed by atoms with Gasteiger partial charge in [-0.1, -0.05) is 51.2 Å². The Balaban J connectivity index is 1.01. The molecule has 1 saturated heterocycles. The van der Waals surface area contributed by atoms with Gasteiger partial charge in [0, 0.05) is 12.6 Å². The average molecular weight is 996 g/mol. The van der Waals surface area contributed by atoms with Gasteiger partial charge in [-0.25, -0.2) is 4.79 Å².